The molecule has 1 unspecified atom stereocenters. The molecule has 3 heteroatoms. The number of hydrogen-bond donors (Lipinski definition) is 1. The van der Waals surface area contributed by atoms with Crippen LogP contribution in [-0.2, 0) is 10.7 Å². The van der Waals surface area contributed by atoms with Crippen LogP contribution in [0.5, 0.6) is 0 Å². The second-order valence-corrected chi connectivity index (χ2v) is 3.09. The van der Waals surface area contributed by atoms with Crippen LogP contribution in [0.1, 0.15) is 12.8 Å². The Hall–Kier alpha value is -0.310. The maximum atomic E-state index is 10.2. The Morgan fingerprint density at radius 3 is 2.50 bits per heavy atom. The summed E-state index contributed by atoms with van der Waals surface area (Å²) in [6.45, 7) is 0. The van der Waals surface area contributed by atoms with E-state index in [1.165, 1.54) is 0 Å². The lowest BCUT2D eigenvalue weighted by Gasteiger charge is -1.90. The fourth-order valence-electron chi connectivity index (χ4n) is 0.792. The molecule has 0 saturated heterocycles. The van der Waals surface area contributed by atoms with E-state index in [0.29, 0.717) is 0 Å². The number of rotatable bonds is 1. The molecule has 0 bridgehead atoms. The van der Waals surface area contributed by atoms with Crippen LogP contribution in [-0.4, -0.2) is 13.7 Å². The van der Waals surface area contributed by atoms with E-state index in [4.69, 9.17) is 0 Å². The standard InChI is InChI=1S/C5H8O2S/c6-8(7)5-3-1-2-4-5/h1,3,5,8H,2,4H2. The Balaban J connectivity index is 2.61. The van der Waals surface area contributed by atoms with E-state index in [9.17, 15) is 8.42 Å². The van der Waals surface area contributed by atoms with Crippen molar-refractivity contribution < 1.29 is 8.42 Å². The molecule has 0 spiro atoms. The predicted octanol–water partition coefficient (Wildman–Crippen LogP) is 0.316. The topological polar surface area (TPSA) is 34.1 Å². The average Bonchev–Trinajstić information content (AvgIpc) is 2.12. The molecule has 0 heterocycles. The van der Waals surface area contributed by atoms with Gasteiger partial charge in [-0.15, -0.1) is 0 Å². The molecule has 0 N–H and O–H groups in total. The fraction of sp³-hybridized carbons (Fsp3) is 0.600. The Labute approximate surface area is 50.2 Å². The van der Waals surface area contributed by atoms with Crippen molar-refractivity contribution in [2.75, 3.05) is 0 Å². The van der Waals surface area contributed by atoms with E-state index in [2.05, 4.69) is 0 Å². The first-order valence-corrected chi connectivity index (χ1v) is 3.85. The van der Waals surface area contributed by atoms with Gasteiger partial charge in [-0.1, -0.05) is 12.2 Å². The van der Waals surface area contributed by atoms with Gasteiger partial charge in [-0.3, -0.25) is 0 Å². The van der Waals surface area contributed by atoms with Gasteiger partial charge in [0.05, 0.1) is 5.25 Å². The van der Waals surface area contributed by atoms with Crippen molar-refractivity contribution >= 4 is 10.7 Å². The van der Waals surface area contributed by atoms with Crippen molar-refractivity contribution in [1.82, 2.24) is 0 Å². The van der Waals surface area contributed by atoms with Gasteiger partial charge in [0, 0.05) is 0 Å². The SMILES string of the molecule is O=[SH](=O)C1C=CCC1. The minimum absolute atomic E-state index is 0.162. The second kappa shape index (κ2) is 2.31. The third-order valence-corrected chi connectivity index (χ3v) is 2.23. The molecule has 0 aromatic rings. The Morgan fingerprint density at radius 1 is 1.50 bits per heavy atom. The molecule has 46 valence electrons. The summed E-state index contributed by atoms with van der Waals surface area (Å²) in [7, 11) is -2.19. The van der Waals surface area contributed by atoms with Gasteiger partial charge >= 0.3 is 0 Å². The molecule has 1 atom stereocenters. The molecule has 0 aliphatic heterocycles. The average molecular weight is 132 g/mol. The zero-order valence-electron chi connectivity index (χ0n) is 4.41. The zero-order valence-corrected chi connectivity index (χ0v) is 5.30. The third kappa shape index (κ3) is 1.10. The van der Waals surface area contributed by atoms with Gasteiger partial charge in [0.2, 0.25) is 0 Å². The van der Waals surface area contributed by atoms with Gasteiger partial charge in [0.1, 0.15) is 10.7 Å². The van der Waals surface area contributed by atoms with Gasteiger partial charge in [0.15, 0.2) is 0 Å². The van der Waals surface area contributed by atoms with Crippen LogP contribution in [0.15, 0.2) is 12.2 Å². The van der Waals surface area contributed by atoms with Gasteiger partial charge in [-0.2, -0.15) is 0 Å². The van der Waals surface area contributed by atoms with E-state index >= 15 is 0 Å². The summed E-state index contributed by atoms with van der Waals surface area (Å²) in [6, 6.07) is 0. The minimum Gasteiger partial charge on any atom is -0.231 e. The van der Waals surface area contributed by atoms with Crippen molar-refractivity contribution in [2.24, 2.45) is 0 Å². The molecular weight excluding hydrogens is 124 g/mol. The highest BCUT2D eigenvalue weighted by atomic mass is 32.2. The Kier molecular flexibility index (Phi) is 1.68. The Morgan fingerprint density at radius 2 is 2.25 bits per heavy atom. The fourth-order valence-corrected chi connectivity index (χ4v) is 1.41. The maximum Gasteiger partial charge on any atom is 0.146 e. The third-order valence-electron chi connectivity index (χ3n) is 1.26. The lowest BCUT2D eigenvalue weighted by molar-refractivity contribution is 0.606. The number of hydrogen-bond acceptors (Lipinski definition) is 2. The molecule has 0 aromatic carbocycles. The largest absolute Gasteiger partial charge is 0.231 e. The van der Waals surface area contributed by atoms with Crippen molar-refractivity contribution in [3.05, 3.63) is 12.2 Å². The van der Waals surface area contributed by atoms with Crippen LogP contribution >= 0.6 is 0 Å². The zero-order chi connectivity index (χ0) is 5.98. The molecule has 0 saturated carbocycles. The smallest absolute Gasteiger partial charge is 0.146 e. The normalized spacial score (nSPS) is 27.4. The minimum atomic E-state index is -2.19. The molecular formula is C5H8O2S. The summed E-state index contributed by atoms with van der Waals surface area (Å²) < 4.78 is 20.4. The van der Waals surface area contributed by atoms with Crippen LogP contribution in [0.2, 0.25) is 0 Å². The second-order valence-electron chi connectivity index (χ2n) is 1.86. The Bertz CT molecular complexity index is 161. The molecule has 0 radical (unpaired) electrons. The number of allylic oxidation sites excluding steroid dienone is 1. The van der Waals surface area contributed by atoms with Gasteiger partial charge in [-0.05, 0) is 12.8 Å². The van der Waals surface area contributed by atoms with E-state index in [-0.39, 0.29) is 5.25 Å². The predicted molar refractivity (Wildman–Crippen MR) is 32.5 cm³/mol. The van der Waals surface area contributed by atoms with Crippen LogP contribution in [0.25, 0.3) is 0 Å². The first-order valence-electron chi connectivity index (χ1n) is 2.61. The molecule has 2 nitrogen and oxygen atoms in total. The lowest BCUT2D eigenvalue weighted by atomic mass is 10.4. The molecule has 0 aromatic heterocycles. The highest BCUT2D eigenvalue weighted by molar-refractivity contribution is 7.73. The molecule has 1 aliphatic carbocycles. The van der Waals surface area contributed by atoms with E-state index in [0.717, 1.165) is 12.8 Å². The van der Waals surface area contributed by atoms with Crippen molar-refractivity contribution in [2.45, 2.75) is 18.1 Å². The summed E-state index contributed by atoms with van der Waals surface area (Å²) in [5.41, 5.74) is 0. The van der Waals surface area contributed by atoms with Crippen LogP contribution < -0.4 is 0 Å². The summed E-state index contributed by atoms with van der Waals surface area (Å²) in [5.74, 6) is 0. The maximum absolute atomic E-state index is 10.2. The molecule has 0 fully saturated rings. The van der Waals surface area contributed by atoms with Crippen molar-refractivity contribution in [3.63, 3.8) is 0 Å². The highest BCUT2D eigenvalue weighted by Crippen LogP contribution is 2.11. The lowest BCUT2D eigenvalue weighted by Crippen LogP contribution is -1.99. The molecule has 8 heavy (non-hydrogen) atoms. The number of thiol groups is 1. The van der Waals surface area contributed by atoms with E-state index < -0.39 is 10.7 Å². The van der Waals surface area contributed by atoms with Crippen molar-refractivity contribution in [3.8, 4) is 0 Å². The van der Waals surface area contributed by atoms with Crippen molar-refractivity contribution in [1.29, 1.82) is 0 Å². The van der Waals surface area contributed by atoms with Gasteiger partial charge in [0.25, 0.3) is 0 Å². The first-order chi connectivity index (χ1) is 3.80. The van der Waals surface area contributed by atoms with Crippen LogP contribution in [0.4, 0.5) is 0 Å². The molecule has 0 amide bonds. The van der Waals surface area contributed by atoms with Gasteiger partial charge < -0.3 is 0 Å². The summed E-state index contributed by atoms with van der Waals surface area (Å²) in [5, 5.41) is -0.162. The van der Waals surface area contributed by atoms with E-state index in [1.807, 2.05) is 6.08 Å². The van der Waals surface area contributed by atoms with E-state index in [1.54, 1.807) is 6.08 Å². The van der Waals surface area contributed by atoms with Crippen LogP contribution in [0.3, 0.4) is 0 Å². The van der Waals surface area contributed by atoms with Crippen LogP contribution in [0, 0.1) is 0 Å². The highest BCUT2D eigenvalue weighted by Gasteiger charge is 2.09. The molecule has 1 aliphatic rings. The summed E-state index contributed by atoms with van der Waals surface area (Å²) in [6.07, 6.45) is 5.38. The molecule has 1 rings (SSSR count). The summed E-state index contributed by atoms with van der Waals surface area (Å²) in [4.78, 5) is 0. The monoisotopic (exact) mass is 132 g/mol. The summed E-state index contributed by atoms with van der Waals surface area (Å²) >= 11 is 0. The quantitative estimate of drug-likeness (QED) is 0.411. The van der Waals surface area contributed by atoms with Gasteiger partial charge in [-0.25, -0.2) is 8.42 Å². The first kappa shape index (κ1) is 5.82.